The summed E-state index contributed by atoms with van der Waals surface area (Å²) in [6.45, 7) is 12.8. The zero-order valence-corrected chi connectivity index (χ0v) is 8.55. The number of methoxy groups -OCH3 is 1. The van der Waals surface area contributed by atoms with Crippen molar-refractivity contribution in [3.8, 4) is 0 Å². The molecule has 0 spiro atoms. The number of likely N-dealkylation sites (N-methyl/N-ethyl adjacent to an activating group) is 1. The number of hydrogen-bond donors (Lipinski definition) is 0. The predicted octanol–water partition coefficient (Wildman–Crippen LogP) is 2.04. The second kappa shape index (κ2) is 4.99. The summed E-state index contributed by atoms with van der Waals surface area (Å²) in [4.78, 5) is 2.15. The molecule has 0 aromatic heterocycles. The summed E-state index contributed by atoms with van der Waals surface area (Å²) in [5.41, 5.74) is 1.06. The van der Waals surface area contributed by atoms with Gasteiger partial charge in [0.05, 0.1) is 13.2 Å². The highest BCUT2D eigenvalue weighted by atomic mass is 16.5. The smallest absolute Gasteiger partial charge is 0.110 e. The van der Waals surface area contributed by atoms with Crippen molar-refractivity contribution in [2.75, 3.05) is 20.7 Å². The van der Waals surface area contributed by atoms with E-state index >= 15 is 0 Å². The summed E-state index contributed by atoms with van der Waals surface area (Å²) in [5.74, 6) is 0.756. The molecule has 0 bridgehead atoms. The van der Waals surface area contributed by atoms with Crippen molar-refractivity contribution in [2.24, 2.45) is 0 Å². The fourth-order valence-corrected chi connectivity index (χ4v) is 1.19. The molecular formula is C10H19NO. The van der Waals surface area contributed by atoms with Crippen LogP contribution in [0, 0.1) is 0 Å². The number of ether oxygens (including phenoxy) is 1. The first-order chi connectivity index (χ1) is 5.54. The molecule has 0 aromatic rings. The molecule has 0 aliphatic heterocycles. The molecule has 0 saturated heterocycles. The molecule has 0 aliphatic carbocycles. The molecule has 0 aliphatic rings. The molecule has 1 unspecified atom stereocenters. The molecular weight excluding hydrogens is 150 g/mol. The van der Waals surface area contributed by atoms with Crippen LogP contribution in [0.4, 0.5) is 0 Å². The van der Waals surface area contributed by atoms with Crippen LogP contribution < -0.4 is 0 Å². The standard InChI is InChI=1S/C10H19NO/c1-7-11(5)10(8(2)3)9(4)12-6/h10H,2,4,7H2,1,3,5-6H3. The van der Waals surface area contributed by atoms with Crippen LogP contribution in [0.3, 0.4) is 0 Å². The van der Waals surface area contributed by atoms with Crippen LogP contribution >= 0.6 is 0 Å². The Balaban J connectivity index is 4.43. The van der Waals surface area contributed by atoms with E-state index in [-0.39, 0.29) is 6.04 Å². The van der Waals surface area contributed by atoms with Crippen LogP contribution in [-0.2, 0) is 4.74 Å². The van der Waals surface area contributed by atoms with Crippen LogP contribution in [0.15, 0.2) is 24.5 Å². The molecule has 2 heteroatoms. The Labute approximate surface area is 75.5 Å². The zero-order valence-electron chi connectivity index (χ0n) is 8.55. The molecule has 0 aromatic carbocycles. The Morgan fingerprint density at radius 2 is 2.00 bits per heavy atom. The van der Waals surface area contributed by atoms with Gasteiger partial charge in [0.2, 0.25) is 0 Å². The first-order valence-electron chi connectivity index (χ1n) is 4.13. The number of nitrogens with zero attached hydrogens (tertiary/aromatic N) is 1. The Bertz CT molecular complexity index is 175. The van der Waals surface area contributed by atoms with Gasteiger partial charge >= 0.3 is 0 Å². The van der Waals surface area contributed by atoms with Crippen LogP contribution in [0.2, 0.25) is 0 Å². The second-order valence-corrected chi connectivity index (χ2v) is 2.99. The van der Waals surface area contributed by atoms with Gasteiger partial charge in [-0.05, 0) is 20.5 Å². The monoisotopic (exact) mass is 169 g/mol. The van der Waals surface area contributed by atoms with E-state index in [0.717, 1.165) is 17.9 Å². The largest absolute Gasteiger partial charge is 0.500 e. The van der Waals surface area contributed by atoms with Crippen molar-refractivity contribution in [3.63, 3.8) is 0 Å². The summed E-state index contributed by atoms with van der Waals surface area (Å²) >= 11 is 0. The molecule has 0 N–H and O–H groups in total. The van der Waals surface area contributed by atoms with Crippen molar-refractivity contribution in [1.29, 1.82) is 0 Å². The van der Waals surface area contributed by atoms with E-state index < -0.39 is 0 Å². The van der Waals surface area contributed by atoms with Crippen LogP contribution in [0.5, 0.6) is 0 Å². The lowest BCUT2D eigenvalue weighted by molar-refractivity contribution is 0.200. The van der Waals surface area contributed by atoms with Crippen molar-refractivity contribution in [3.05, 3.63) is 24.5 Å². The van der Waals surface area contributed by atoms with Crippen molar-refractivity contribution in [2.45, 2.75) is 19.9 Å². The van der Waals surface area contributed by atoms with Crippen LogP contribution in [-0.4, -0.2) is 31.6 Å². The van der Waals surface area contributed by atoms with E-state index in [4.69, 9.17) is 4.74 Å². The van der Waals surface area contributed by atoms with E-state index in [1.807, 2.05) is 14.0 Å². The average molecular weight is 169 g/mol. The molecule has 70 valence electrons. The maximum Gasteiger partial charge on any atom is 0.110 e. The molecule has 1 atom stereocenters. The summed E-state index contributed by atoms with van der Waals surface area (Å²) in [6.07, 6.45) is 0. The molecule has 0 rings (SSSR count). The van der Waals surface area contributed by atoms with Gasteiger partial charge in [-0.3, -0.25) is 4.90 Å². The van der Waals surface area contributed by atoms with E-state index in [2.05, 4.69) is 25.0 Å². The zero-order chi connectivity index (χ0) is 9.72. The third-order valence-electron chi connectivity index (χ3n) is 1.97. The summed E-state index contributed by atoms with van der Waals surface area (Å²) in [7, 11) is 3.67. The maximum absolute atomic E-state index is 5.10. The summed E-state index contributed by atoms with van der Waals surface area (Å²) in [6, 6.07) is 0.139. The topological polar surface area (TPSA) is 12.5 Å². The average Bonchev–Trinajstić information content (AvgIpc) is 2.03. The Morgan fingerprint density at radius 3 is 2.25 bits per heavy atom. The maximum atomic E-state index is 5.10. The fourth-order valence-electron chi connectivity index (χ4n) is 1.19. The highest BCUT2D eigenvalue weighted by Gasteiger charge is 2.17. The minimum Gasteiger partial charge on any atom is -0.500 e. The lowest BCUT2D eigenvalue weighted by Crippen LogP contribution is -2.34. The van der Waals surface area contributed by atoms with Crippen molar-refractivity contribution in [1.82, 2.24) is 4.90 Å². The molecule has 12 heavy (non-hydrogen) atoms. The normalized spacial score (nSPS) is 12.8. The van der Waals surface area contributed by atoms with Gasteiger partial charge in [0, 0.05) is 0 Å². The molecule has 0 fully saturated rings. The quantitative estimate of drug-likeness (QED) is 0.461. The SMILES string of the molecule is C=C(C)C(C(=C)OC)N(C)CC. The molecule has 0 heterocycles. The highest BCUT2D eigenvalue weighted by Crippen LogP contribution is 2.14. The van der Waals surface area contributed by atoms with E-state index in [0.29, 0.717) is 0 Å². The van der Waals surface area contributed by atoms with Gasteiger partial charge in [-0.15, -0.1) is 0 Å². The highest BCUT2D eigenvalue weighted by molar-refractivity contribution is 5.15. The van der Waals surface area contributed by atoms with Crippen molar-refractivity contribution >= 4 is 0 Å². The van der Waals surface area contributed by atoms with E-state index in [1.54, 1.807) is 7.11 Å². The Kier molecular flexibility index (Phi) is 4.67. The van der Waals surface area contributed by atoms with Crippen LogP contribution in [0.25, 0.3) is 0 Å². The third kappa shape index (κ3) is 2.70. The van der Waals surface area contributed by atoms with Gasteiger partial charge in [0.25, 0.3) is 0 Å². The molecule has 0 radical (unpaired) electrons. The van der Waals surface area contributed by atoms with Gasteiger partial charge in [0.1, 0.15) is 5.76 Å². The van der Waals surface area contributed by atoms with Gasteiger partial charge in [-0.2, -0.15) is 0 Å². The van der Waals surface area contributed by atoms with Gasteiger partial charge in [-0.1, -0.05) is 25.7 Å². The first kappa shape index (κ1) is 11.2. The minimum absolute atomic E-state index is 0.139. The fraction of sp³-hybridized carbons (Fsp3) is 0.600. The van der Waals surface area contributed by atoms with Crippen molar-refractivity contribution < 1.29 is 4.74 Å². The summed E-state index contributed by atoms with van der Waals surface area (Å²) < 4.78 is 5.10. The lowest BCUT2D eigenvalue weighted by atomic mass is 10.1. The van der Waals surface area contributed by atoms with Gasteiger partial charge in [-0.25, -0.2) is 0 Å². The lowest BCUT2D eigenvalue weighted by Gasteiger charge is -2.27. The molecule has 2 nitrogen and oxygen atoms in total. The van der Waals surface area contributed by atoms with Crippen LogP contribution in [0.1, 0.15) is 13.8 Å². The first-order valence-corrected chi connectivity index (χ1v) is 4.13. The summed E-state index contributed by atoms with van der Waals surface area (Å²) in [5, 5.41) is 0. The number of rotatable bonds is 5. The Hall–Kier alpha value is -0.760. The van der Waals surface area contributed by atoms with E-state index in [1.165, 1.54) is 0 Å². The van der Waals surface area contributed by atoms with Gasteiger partial charge < -0.3 is 4.74 Å². The molecule has 0 amide bonds. The predicted molar refractivity (Wildman–Crippen MR) is 53.1 cm³/mol. The number of hydrogen-bond acceptors (Lipinski definition) is 2. The second-order valence-electron chi connectivity index (χ2n) is 2.99. The minimum atomic E-state index is 0.139. The van der Waals surface area contributed by atoms with E-state index in [9.17, 15) is 0 Å². The molecule has 0 saturated carbocycles. The van der Waals surface area contributed by atoms with Gasteiger partial charge in [0.15, 0.2) is 0 Å². The Morgan fingerprint density at radius 1 is 1.50 bits per heavy atom. The third-order valence-corrected chi connectivity index (χ3v) is 1.97.